The Morgan fingerprint density at radius 2 is 1.79 bits per heavy atom. The maximum absolute atomic E-state index is 13.4. The standard InChI is InChI=1S/C25H30BrClN4O2S/c1-25(14-5-15-34-4)17-30(28-23(25)18-6-10-20(27)11-7-18)16-22(32)31(24(33)29(2)3)21-12-8-19(26)9-13-21/h6-13H,5,14-17H2,1-4H3. The largest absolute Gasteiger partial charge is 0.330 e. The lowest BCUT2D eigenvalue weighted by atomic mass is 9.78. The van der Waals surface area contributed by atoms with Crippen molar-refractivity contribution in [2.24, 2.45) is 10.5 Å². The van der Waals surface area contributed by atoms with Crippen molar-refractivity contribution >= 4 is 62.6 Å². The average Bonchev–Trinajstić information content (AvgIpc) is 3.11. The first-order valence-corrected chi connectivity index (χ1v) is 13.6. The predicted molar refractivity (Wildman–Crippen MR) is 146 cm³/mol. The molecule has 34 heavy (non-hydrogen) atoms. The third-order valence-electron chi connectivity index (χ3n) is 5.77. The summed E-state index contributed by atoms with van der Waals surface area (Å²) in [7, 11) is 3.27. The van der Waals surface area contributed by atoms with Crippen molar-refractivity contribution in [2.45, 2.75) is 19.8 Å². The fraction of sp³-hybridized carbons (Fsp3) is 0.400. The van der Waals surface area contributed by atoms with Crippen LogP contribution in [0.2, 0.25) is 5.02 Å². The van der Waals surface area contributed by atoms with Crippen molar-refractivity contribution in [1.29, 1.82) is 0 Å². The van der Waals surface area contributed by atoms with Crippen molar-refractivity contribution < 1.29 is 9.59 Å². The van der Waals surface area contributed by atoms with Crippen molar-refractivity contribution in [2.75, 3.05) is 44.1 Å². The van der Waals surface area contributed by atoms with Gasteiger partial charge in [-0.1, -0.05) is 46.6 Å². The SMILES string of the molecule is CSCCCC1(C)CN(CC(=O)N(C(=O)N(C)C)c2ccc(Br)cc2)N=C1c1ccc(Cl)cc1. The molecule has 0 aliphatic carbocycles. The first-order valence-electron chi connectivity index (χ1n) is 11.0. The molecule has 0 spiro atoms. The molecule has 3 amide bonds. The molecule has 9 heteroatoms. The fourth-order valence-electron chi connectivity index (χ4n) is 4.06. The molecule has 1 unspecified atom stereocenters. The van der Waals surface area contributed by atoms with Crippen LogP contribution in [0.5, 0.6) is 0 Å². The van der Waals surface area contributed by atoms with Crippen LogP contribution in [0.4, 0.5) is 10.5 Å². The quantitative estimate of drug-likeness (QED) is 0.369. The third-order valence-corrected chi connectivity index (χ3v) is 7.24. The summed E-state index contributed by atoms with van der Waals surface area (Å²) < 4.78 is 0.874. The molecule has 0 aromatic heterocycles. The number of anilines is 1. The first kappa shape index (κ1) is 26.6. The van der Waals surface area contributed by atoms with Gasteiger partial charge in [0.2, 0.25) is 0 Å². The number of rotatable bonds is 8. The molecule has 2 aromatic carbocycles. The number of hydrogen-bond donors (Lipinski definition) is 0. The van der Waals surface area contributed by atoms with Gasteiger partial charge < -0.3 is 4.90 Å². The first-order chi connectivity index (χ1) is 16.1. The van der Waals surface area contributed by atoms with E-state index in [1.54, 1.807) is 31.2 Å². The number of halogens is 2. The number of amides is 3. The van der Waals surface area contributed by atoms with E-state index in [1.807, 2.05) is 48.2 Å². The van der Waals surface area contributed by atoms with Gasteiger partial charge in [0, 0.05) is 35.6 Å². The molecule has 0 fully saturated rings. The molecule has 0 radical (unpaired) electrons. The minimum absolute atomic E-state index is 0.00481. The van der Waals surface area contributed by atoms with Gasteiger partial charge in [-0.3, -0.25) is 9.80 Å². The molecule has 0 saturated heterocycles. The maximum Gasteiger partial charge on any atom is 0.330 e. The summed E-state index contributed by atoms with van der Waals surface area (Å²) in [5.41, 5.74) is 2.26. The van der Waals surface area contributed by atoms with Crippen LogP contribution in [0, 0.1) is 5.41 Å². The van der Waals surface area contributed by atoms with E-state index < -0.39 is 6.03 Å². The Balaban J connectivity index is 1.88. The lowest BCUT2D eigenvalue weighted by molar-refractivity contribution is -0.119. The zero-order valence-electron chi connectivity index (χ0n) is 19.9. The summed E-state index contributed by atoms with van der Waals surface area (Å²) >= 11 is 11.3. The summed E-state index contributed by atoms with van der Waals surface area (Å²) in [5, 5.41) is 7.34. The van der Waals surface area contributed by atoms with E-state index in [1.165, 1.54) is 9.80 Å². The molecule has 1 atom stereocenters. The van der Waals surface area contributed by atoms with Crippen LogP contribution in [-0.2, 0) is 4.79 Å². The Morgan fingerprint density at radius 3 is 2.38 bits per heavy atom. The summed E-state index contributed by atoms with van der Waals surface area (Å²) in [6, 6.07) is 14.4. The average molecular weight is 566 g/mol. The second-order valence-corrected chi connectivity index (χ2v) is 11.2. The molecular weight excluding hydrogens is 536 g/mol. The molecule has 6 nitrogen and oxygen atoms in total. The minimum atomic E-state index is -0.392. The third kappa shape index (κ3) is 6.34. The molecule has 1 aliphatic rings. The highest BCUT2D eigenvalue weighted by Gasteiger charge is 2.40. The number of benzene rings is 2. The van der Waals surface area contributed by atoms with Crippen LogP contribution in [0.15, 0.2) is 58.1 Å². The molecular formula is C25H30BrClN4O2S. The van der Waals surface area contributed by atoms with Gasteiger partial charge in [0.05, 0.1) is 11.4 Å². The Morgan fingerprint density at radius 1 is 1.15 bits per heavy atom. The molecule has 0 bridgehead atoms. The molecule has 0 saturated carbocycles. The summed E-state index contributed by atoms with van der Waals surface area (Å²) in [6.45, 7) is 2.81. The van der Waals surface area contributed by atoms with Gasteiger partial charge in [-0.25, -0.2) is 9.69 Å². The van der Waals surface area contributed by atoms with Crippen LogP contribution < -0.4 is 4.90 Å². The molecule has 2 aromatic rings. The number of carbonyl (C=O) groups excluding carboxylic acids is 2. The molecule has 3 rings (SSSR count). The predicted octanol–water partition coefficient (Wildman–Crippen LogP) is 5.99. The monoisotopic (exact) mass is 564 g/mol. The van der Waals surface area contributed by atoms with Gasteiger partial charge >= 0.3 is 6.03 Å². The van der Waals surface area contributed by atoms with Crippen LogP contribution >= 0.6 is 39.3 Å². The summed E-state index contributed by atoms with van der Waals surface area (Å²) in [4.78, 5) is 29.0. The lowest BCUT2D eigenvalue weighted by Gasteiger charge is -2.28. The zero-order chi connectivity index (χ0) is 24.9. The van der Waals surface area contributed by atoms with Crippen molar-refractivity contribution in [3.05, 3.63) is 63.6 Å². The van der Waals surface area contributed by atoms with E-state index in [0.717, 1.165) is 34.3 Å². The second-order valence-electron chi connectivity index (χ2n) is 8.82. The van der Waals surface area contributed by atoms with Gasteiger partial charge in [0.1, 0.15) is 6.54 Å². The smallest absolute Gasteiger partial charge is 0.330 e. The highest BCUT2D eigenvalue weighted by Crippen LogP contribution is 2.36. The molecule has 1 aliphatic heterocycles. The highest BCUT2D eigenvalue weighted by molar-refractivity contribution is 9.10. The number of hydrogen-bond acceptors (Lipinski definition) is 5. The van der Waals surface area contributed by atoms with E-state index in [0.29, 0.717) is 17.3 Å². The molecule has 1 heterocycles. The Labute approximate surface area is 219 Å². The fourth-order valence-corrected chi connectivity index (χ4v) is 4.89. The summed E-state index contributed by atoms with van der Waals surface area (Å²) in [6.07, 6.45) is 4.11. The van der Waals surface area contributed by atoms with Crippen LogP contribution in [0.1, 0.15) is 25.3 Å². The van der Waals surface area contributed by atoms with E-state index in [-0.39, 0.29) is 17.9 Å². The van der Waals surface area contributed by atoms with Crippen molar-refractivity contribution in [3.63, 3.8) is 0 Å². The van der Waals surface area contributed by atoms with E-state index in [4.69, 9.17) is 16.7 Å². The minimum Gasteiger partial charge on any atom is -0.330 e. The van der Waals surface area contributed by atoms with Crippen molar-refractivity contribution in [1.82, 2.24) is 9.91 Å². The molecule has 0 N–H and O–H groups in total. The topological polar surface area (TPSA) is 56.2 Å². The van der Waals surface area contributed by atoms with Gasteiger partial charge in [0.15, 0.2) is 0 Å². The normalized spacial score (nSPS) is 17.5. The second kappa shape index (κ2) is 11.6. The van der Waals surface area contributed by atoms with Gasteiger partial charge in [-0.05, 0) is 66.8 Å². The highest BCUT2D eigenvalue weighted by atomic mass is 79.9. The summed E-state index contributed by atoms with van der Waals surface area (Å²) in [5.74, 6) is 0.741. The van der Waals surface area contributed by atoms with Gasteiger partial charge in [0.25, 0.3) is 5.91 Å². The van der Waals surface area contributed by atoms with Crippen molar-refractivity contribution in [3.8, 4) is 0 Å². The number of hydrazone groups is 1. The van der Waals surface area contributed by atoms with E-state index in [9.17, 15) is 9.59 Å². The van der Waals surface area contributed by atoms with Crippen LogP contribution in [0.25, 0.3) is 0 Å². The van der Waals surface area contributed by atoms with Gasteiger partial charge in [-0.2, -0.15) is 16.9 Å². The number of nitrogens with zero attached hydrogens (tertiary/aromatic N) is 4. The lowest BCUT2D eigenvalue weighted by Crippen LogP contribution is -2.47. The number of imide groups is 1. The number of carbonyl (C=O) groups is 2. The van der Waals surface area contributed by atoms with Crippen LogP contribution in [-0.4, -0.2) is 66.8 Å². The maximum atomic E-state index is 13.4. The number of urea groups is 1. The zero-order valence-corrected chi connectivity index (χ0v) is 23.1. The van der Waals surface area contributed by atoms with Crippen LogP contribution in [0.3, 0.4) is 0 Å². The Bertz CT molecular complexity index is 1050. The Hall–Kier alpha value is -2.03. The van der Waals surface area contributed by atoms with E-state index in [2.05, 4.69) is 29.1 Å². The Kier molecular flexibility index (Phi) is 9.07. The van der Waals surface area contributed by atoms with Gasteiger partial charge in [-0.15, -0.1) is 0 Å². The number of thioether (sulfide) groups is 1. The van der Waals surface area contributed by atoms with E-state index >= 15 is 0 Å². The molecule has 182 valence electrons.